The van der Waals surface area contributed by atoms with Crippen LogP contribution in [-0.2, 0) is 6.54 Å². The summed E-state index contributed by atoms with van der Waals surface area (Å²) in [6.45, 7) is 0.447. The lowest BCUT2D eigenvalue weighted by Gasteiger charge is -2.07. The highest BCUT2D eigenvalue weighted by molar-refractivity contribution is 9.10. The van der Waals surface area contributed by atoms with Crippen molar-refractivity contribution in [2.45, 2.75) is 6.54 Å². The van der Waals surface area contributed by atoms with Crippen molar-refractivity contribution in [2.75, 3.05) is 13.9 Å². The second kappa shape index (κ2) is 7.32. The van der Waals surface area contributed by atoms with Gasteiger partial charge in [0.25, 0.3) is 5.91 Å². The van der Waals surface area contributed by atoms with E-state index in [1.165, 1.54) is 0 Å². The van der Waals surface area contributed by atoms with Gasteiger partial charge in [-0.1, -0.05) is 5.16 Å². The van der Waals surface area contributed by atoms with Crippen LogP contribution in [0, 0.1) is 0 Å². The van der Waals surface area contributed by atoms with Crippen LogP contribution in [0.4, 0.5) is 0 Å². The first-order valence-electron chi connectivity index (χ1n) is 8.11. The Morgan fingerprint density at radius 3 is 2.89 bits per heavy atom. The molecule has 1 aromatic heterocycles. The molecule has 7 nitrogen and oxygen atoms in total. The van der Waals surface area contributed by atoms with Gasteiger partial charge in [-0.2, -0.15) is 0 Å². The van der Waals surface area contributed by atoms with Crippen molar-refractivity contribution >= 4 is 21.8 Å². The van der Waals surface area contributed by atoms with Crippen LogP contribution in [0.1, 0.15) is 16.1 Å². The maximum atomic E-state index is 12.4. The largest absolute Gasteiger partial charge is 0.497 e. The highest BCUT2D eigenvalue weighted by Crippen LogP contribution is 2.36. The van der Waals surface area contributed by atoms with Crippen molar-refractivity contribution < 1.29 is 23.5 Å². The zero-order valence-corrected chi connectivity index (χ0v) is 15.9. The predicted molar refractivity (Wildman–Crippen MR) is 99.9 cm³/mol. The number of hydrogen-bond donors (Lipinski definition) is 1. The number of amides is 1. The Morgan fingerprint density at radius 2 is 2.04 bits per heavy atom. The third-order valence-electron chi connectivity index (χ3n) is 4.06. The number of rotatable bonds is 5. The second-order valence-electron chi connectivity index (χ2n) is 5.78. The highest BCUT2D eigenvalue weighted by Gasteiger charge is 2.17. The number of halogens is 1. The molecule has 138 valence electrons. The second-order valence-corrected chi connectivity index (χ2v) is 6.63. The van der Waals surface area contributed by atoms with E-state index in [2.05, 4.69) is 26.4 Å². The van der Waals surface area contributed by atoms with Crippen LogP contribution in [-0.4, -0.2) is 25.0 Å². The lowest BCUT2D eigenvalue weighted by atomic mass is 10.1. The van der Waals surface area contributed by atoms with Gasteiger partial charge in [0.05, 0.1) is 19.2 Å². The monoisotopic (exact) mass is 430 g/mol. The van der Waals surface area contributed by atoms with Gasteiger partial charge in [-0.05, 0) is 52.3 Å². The summed E-state index contributed by atoms with van der Waals surface area (Å²) in [5, 5.41) is 6.83. The average molecular weight is 431 g/mol. The number of nitrogens with zero attached hydrogens (tertiary/aromatic N) is 1. The fourth-order valence-corrected chi connectivity index (χ4v) is 3.08. The van der Waals surface area contributed by atoms with Gasteiger partial charge < -0.3 is 24.1 Å². The first-order valence-corrected chi connectivity index (χ1v) is 8.90. The van der Waals surface area contributed by atoms with E-state index in [1.807, 2.05) is 18.2 Å². The first-order chi connectivity index (χ1) is 13.1. The summed E-state index contributed by atoms with van der Waals surface area (Å²) in [6.07, 6.45) is 0. The molecule has 0 atom stereocenters. The number of methoxy groups -OCH3 is 1. The van der Waals surface area contributed by atoms with Crippen molar-refractivity contribution in [3.63, 3.8) is 0 Å². The minimum Gasteiger partial charge on any atom is -0.497 e. The lowest BCUT2D eigenvalue weighted by Crippen LogP contribution is -2.23. The van der Waals surface area contributed by atoms with Gasteiger partial charge in [0.15, 0.2) is 17.3 Å². The van der Waals surface area contributed by atoms with E-state index < -0.39 is 0 Å². The van der Waals surface area contributed by atoms with Crippen molar-refractivity contribution in [3.05, 3.63) is 58.2 Å². The van der Waals surface area contributed by atoms with E-state index in [1.54, 1.807) is 31.4 Å². The molecule has 0 bridgehead atoms. The molecule has 1 aliphatic rings. The van der Waals surface area contributed by atoms with Crippen molar-refractivity contribution in [2.24, 2.45) is 0 Å². The van der Waals surface area contributed by atoms with Crippen molar-refractivity contribution in [1.82, 2.24) is 10.5 Å². The lowest BCUT2D eigenvalue weighted by molar-refractivity contribution is 0.0949. The van der Waals surface area contributed by atoms with E-state index in [-0.39, 0.29) is 19.2 Å². The van der Waals surface area contributed by atoms with Crippen LogP contribution in [0.3, 0.4) is 0 Å². The van der Waals surface area contributed by atoms with Gasteiger partial charge in [0.2, 0.25) is 6.79 Å². The Bertz CT molecular complexity index is 1000. The fraction of sp³-hybridized carbons (Fsp3) is 0.158. The molecule has 0 saturated carbocycles. The van der Waals surface area contributed by atoms with Gasteiger partial charge >= 0.3 is 0 Å². The summed E-state index contributed by atoms with van der Waals surface area (Å²) >= 11 is 3.37. The van der Waals surface area contributed by atoms with Crippen molar-refractivity contribution in [1.29, 1.82) is 0 Å². The Labute approximate surface area is 163 Å². The molecule has 1 aliphatic heterocycles. The minimum atomic E-state index is -0.242. The zero-order valence-electron chi connectivity index (χ0n) is 14.3. The molecule has 2 heterocycles. The van der Waals surface area contributed by atoms with Gasteiger partial charge in [0, 0.05) is 16.1 Å². The Morgan fingerprint density at radius 1 is 1.19 bits per heavy atom. The fourth-order valence-electron chi connectivity index (χ4n) is 2.65. The molecule has 2 aromatic carbocycles. The number of carbonyl (C=O) groups is 1. The molecular weight excluding hydrogens is 416 g/mol. The van der Waals surface area contributed by atoms with E-state index in [9.17, 15) is 4.79 Å². The third kappa shape index (κ3) is 3.61. The van der Waals surface area contributed by atoms with Gasteiger partial charge in [-0.15, -0.1) is 0 Å². The summed E-state index contributed by atoms with van der Waals surface area (Å²) in [6, 6.07) is 12.5. The summed E-state index contributed by atoms with van der Waals surface area (Å²) < 4.78 is 21.9. The van der Waals surface area contributed by atoms with Crippen molar-refractivity contribution in [3.8, 4) is 28.6 Å². The molecule has 1 N–H and O–H groups in total. The summed E-state index contributed by atoms with van der Waals surface area (Å²) in [7, 11) is 1.55. The normalized spacial score (nSPS) is 12.1. The first kappa shape index (κ1) is 17.4. The van der Waals surface area contributed by atoms with Crippen LogP contribution in [0.5, 0.6) is 17.2 Å². The average Bonchev–Trinajstić information content (AvgIpc) is 3.35. The van der Waals surface area contributed by atoms with Crippen LogP contribution in [0.15, 0.2) is 51.5 Å². The summed E-state index contributed by atoms with van der Waals surface area (Å²) in [5.74, 6) is 2.32. The smallest absolute Gasteiger partial charge is 0.252 e. The third-order valence-corrected chi connectivity index (χ3v) is 4.76. The Kier molecular flexibility index (Phi) is 4.72. The standard InChI is InChI=1S/C19H15BrN2O5/c1-24-13-3-4-15(20)14(8-13)19(23)21-9-12-7-17(27-22-12)11-2-5-16-18(6-11)26-10-25-16/h2-8H,9-10H2,1H3,(H,21,23). The topological polar surface area (TPSA) is 82.8 Å². The Balaban J connectivity index is 1.45. The number of nitrogens with one attached hydrogen (secondary N) is 1. The van der Waals surface area contributed by atoms with Gasteiger partial charge in [-0.25, -0.2) is 0 Å². The SMILES string of the molecule is COc1ccc(Br)c(C(=O)NCc2cc(-c3ccc4c(c3)OCO4)on2)c1. The quantitative estimate of drug-likeness (QED) is 0.663. The number of hydrogen-bond acceptors (Lipinski definition) is 6. The molecule has 0 aliphatic carbocycles. The zero-order chi connectivity index (χ0) is 18.8. The molecule has 0 unspecified atom stereocenters. The van der Waals surface area contributed by atoms with E-state index >= 15 is 0 Å². The van der Waals surface area contributed by atoms with E-state index in [0.717, 1.165) is 5.56 Å². The number of fused-ring (bicyclic) bond motifs is 1. The molecule has 3 aromatic rings. The number of aromatic nitrogens is 1. The molecule has 8 heteroatoms. The van der Waals surface area contributed by atoms with Crippen LogP contribution in [0.2, 0.25) is 0 Å². The number of benzene rings is 2. The van der Waals surface area contributed by atoms with Crippen LogP contribution in [0.25, 0.3) is 11.3 Å². The summed E-state index contributed by atoms with van der Waals surface area (Å²) in [5.41, 5.74) is 1.91. The van der Waals surface area contributed by atoms with E-state index in [0.29, 0.717) is 38.7 Å². The molecule has 4 rings (SSSR count). The molecule has 27 heavy (non-hydrogen) atoms. The summed E-state index contributed by atoms with van der Waals surface area (Å²) in [4.78, 5) is 12.4. The predicted octanol–water partition coefficient (Wildman–Crippen LogP) is 3.77. The number of ether oxygens (including phenoxy) is 3. The Hall–Kier alpha value is -3.00. The highest BCUT2D eigenvalue weighted by atomic mass is 79.9. The molecule has 0 radical (unpaired) electrons. The molecule has 1 amide bonds. The molecule has 0 saturated heterocycles. The molecular formula is C19H15BrN2O5. The molecule has 0 spiro atoms. The minimum absolute atomic E-state index is 0.215. The van der Waals surface area contributed by atoms with Gasteiger partial charge in [0.1, 0.15) is 11.4 Å². The maximum Gasteiger partial charge on any atom is 0.252 e. The molecule has 0 fully saturated rings. The van der Waals surface area contributed by atoms with Crippen LogP contribution >= 0.6 is 15.9 Å². The van der Waals surface area contributed by atoms with E-state index in [4.69, 9.17) is 18.7 Å². The van der Waals surface area contributed by atoms with Gasteiger partial charge in [-0.3, -0.25) is 4.79 Å². The van der Waals surface area contributed by atoms with Crippen LogP contribution < -0.4 is 19.5 Å². The number of carbonyl (C=O) groups excluding carboxylic acids is 1. The maximum absolute atomic E-state index is 12.4.